The molecule has 0 aliphatic carbocycles. The third-order valence-corrected chi connectivity index (χ3v) is 2.29. The molecule has 1 aromatic heterocycles. The number of hydrogen-bond acceptors (Lipinski definition) is 4. The predicted octanol–water partition coefficient (Wildman–Crippen LogP) is 0.621. The van der Waals surface area contributed by atoms with Gasteiger partial charge in [0, 0.05) is 19.2 Å². The molecule has 1 amide bonds. The fraction of sp³-hybridized carbons (Fsp3) is 0.400. The molecule has 2 N–H and O–H groups in total. The molecule has 0 aliphatic rings. The molecule has 8 nitrogen and oxygen atoms in total. The van der Waals surface area contributed by atoms with E-state index < -0.39 is 16.8 Å². The summed E-state index contributed by atoms with van der Waals surface area (Å²) in [4.78, 5) is 32.0. The lowest BCUT2D eigenvalue weighted by atomic mass is 10.3. The monoisotopic (exact) mass is 255 g/mol. The Hall–Kier alpha value is -2.38. The number of nitrogens with one attached hydrogen (secondary N) is 1. The third kappa shape index (κ3) is 3.30. The average Bonchev–Trinajstić information content (AvgIpc) is 2.72. The molecule has 0 saturated heterocycles. The van der Waals surface area contributed by atoms with Gasteiger partial charge < -0.3 is 15.0 Å². The minimum Gasteiger partial charge on any atom is -0.481 e. The summed E-state index contributed by atoms with van der Waals surface area (Å²) >= 11 is 0. The summed E-state index contributed by atoms with van der Waals surface area (Å²) in [6, 6.07) is 1.17. The molecule has 0 spiro atoms. The van der Waals surface area contributed by atoms with Crippen molar-refractivity contribution in [2.24, 2.45) is 0 Å². The van der Waals surface area contributed by atoms with Crippen molar-refractivity contribution in [3.05, 3.63) is 28.1 Å². The number of aryl methyl sites for hydroxylation is 1. The minimum atomic E-state index is -1.02. The Morgan fingerprint density at radius 2 is 2.22 bits per heavy atom. The lowest BCUT2D eigenvalue weighted by molar-refractivity contribution is -0.384. The van der Waals surface area contributed by atoms with E-state index in [0.717, 1.165) is 0 Å². The van der Waals surface area contributed by atoms with Gasteiger partial charge in [-0.2, -0.15) is 0 Å². The zero-order valence-electron chi connectivity index (χ0n) is 9.75. The number of carboxylic acids is 1. The quantitative estimate of drug-likeness (QED) is 0.571. The Morgan fingerprint density at radius 3 is 2.72 bits per heavy atom. The number of hydrogen-bond donors (Lipinski definition) is 2. The Kier molecular flexibility index (Phi) is 4.41. The second-order valence-corrected chi connectivity index (χ2v) is 3.53. The molecular formula is C10H13N3O5. The van der Waals surface area contributed by atoms with E-state index in [-0.39, 0.29) is 24.3 Å². The van der Waals surface area contributed by atoms with Gasteiger partial charge in [0.05, 0.1) is 17.5 Å². The third-order valence-electron chi connectivity index (χ3n) is 2.29. The van der Waals surface area contributed by atoms with Gasteiger partial charge in [-0.1, -0.05) is 0 Å². The maximum absolute atomic E-state index is 11.7. The zero-order chi connectivity index (χ0) is 13.7. The molecule has 0 unspecified atom stereocenters. The highest BCUT2D eigenvalue weighted by molar-refractivity contribution is 5.93. The summed E-state index contributed by atoms with van der Waals surface area (Å²) in [7, 11) is 0. The standard InChI is InChI=1S/C10H13N3O5/c1-2-12-6-7(13(17)18)5-8(12)10(16)11-4-3-9(14)15/h5-6H,2-4H2,1H3,(H,11,16)(H,14,15). The van der Waals surface area contributed by atoms with Gasteiger partial charge in [-0.3, -0.25) is 19.7 Å². The van der Waals surface area contributed by atoms with Gasteiger partial charge in [-0.25, -0.2) is 0 Å². The molecule has 0 radical (unpaired) electrons. The summed E-state index contributed by atoms with van der Waals surface area (Å²) in [5.41, 5.74) is -0.0187. The van der Waals surface area contributed by atoms with Crippen LogP contribution < -0.4 is 5.32 Å². The molecule has 1 aromatic rings. The van der Waals surface area contributed by atoms with Gasteiger partial charge in [-0.15, -0.1) is 0 Å². The van der Waals surface area contributed by atoms with Gasteiger partial charge in [0.1, 0.15) is 5.69 Å². The van der Waals surface area contributed by atoms with Crippen LogP contribution in [0.1, 0.15) is 23.8 Å². The molecule has 0 aromatic carbocycles. The Labute approximate surface area is 102 Å². The van der Waals surface area contributed by atoms with Crippen LogP contribution in [0.5, 0.6) is 0 Å². The van der Waals surface area contributed by atoms with Gasteiger partial charge >= 0.3 is 5.97 Å². The zero-order valence-corrected chi connectivity index (χ0v) is 9.75. The molecule has 18 heavy (non-hydrogen) atoms. The molecule has 0 aliphatic heterocycles. The smallest absolute Gasteiger partial charge is 0.305 e. The summed E-state index contributed by atoms with van der Waals surface area (Å²) in [6.07, 6.45) is 1.08. The van der Waals surface area contributed by atoms with Crippen LogP contribution in [0.4, 0.5) is 5.69 Å². The van der Waals surface area contributed by atoms with Crippen LogP contribution in [0.15, 0.2) is 12.3 Å². The highest BCUT2D eigenvalue weighted by atomic mass is 16.6. The van der Waals surface area contributed by atoms with Crippen LogP contribution in [0.25, 0.3) is 0 Å². The van der Waals surface area contributed by atoms with Gasteiger partial charge in [0.15, 0.2) is 0 Å². The fourth-order valence-electron chi connectivity index (χ4n) is 1.42. The number of carbonyl (C=O) groups excluding carboxylic acids is 1. The fourth-order valence-corrected chi connectivity index (χ4v) is 1.42. The van der Waals surface area contributed by atoms with E-state index in [9.17, 15) is 19.7 Å². The molecule has 1 rings (SSSR count). The lowest BCUT2D eigenvalue weighted by Gasteiger charge is -2.05. The average molecular weight is 255 g/mol. The first-order valence-electron chi connectivity index (χ1n) is 5.30. The SMILES string of the molecule is CCn1cc([N+](=O)[O-])cc1C(=O)NCCC(=O)O. The van der Waals surface area contributed by atoms with E-state index in [0.29, 0.717) is 6.54 Å². The van der Waals surface area contributed by atoms with Crippen LogP contribution in [-0.4, -0.2) is 33.0 Å². The number of rotatable bonds is 6. The molecular weight excluding hydrogens is 242 g/mol. The van der Waals surface area contributed by atoms with Crippen LogP contribution in [-0.2, 0) is 11.3 Å². The van der Waals surface area contributed by atoms with Crippen molar-refractivity contribution in [2.75, 3.05) is 6.54 Å². The summed E-state index contributed by atoms with van der Waals surface area (Å²) in [5.74, 6) is -1.54. The summed E-state index contributed by atoms with van der Waals surface area (Å²) in [5, 5.41) is 21.4. The molecule has 98 valence electrons. The second-order valence-electron chi connectivity index (χ2n) is 3.53. The van der Waals surface area contributed by atoms with Crippen molar-refractivity contribution in [3.8, 4) is 0 Å². The van der Waals surface area contributed by atoms with Crippen LogP contribution in [0.2, 0.25) is 0 Å². The van der Waals surface area contributed by atoms with E-state index in [1.54, 1.807) is 6.92 Å². The van der Waals surface area contributed by atoms with Crippen LogP contribution in [0.3, 0.4) is 0 Å². The number of carboxylic acid groups (broad SMARTS) is 1. The highest BCUT2D eigenvalue weighted by Gasteiger charge is 2.18. The summed E-state index contributed by atoms with van der Waals surface area (Å²) in [6.45, 7) is 2.14. The normalized spacial score (nSPS) is 10.1. The predicted molar refractivity (Wildman–Crippen MR) is 61.3 cm³/mol. The second kappa shape index (κ2) is 5.80. The lowest BCUT2D eigenvalue weighted by Crippen LogP contribution is -2.27. The molecule has 8 heteroatoms. The Bertz CT molecular complexity index is 480. The maximum Gasteiger partial charge on any atom is 0.305 e. The van der Waals surface area contributed by atoms with Crippen molar-refractivity contribution in [3.63, 3.8) is 0 Å². The van der Waals surface area contributed by atoms with Crippen molar-refractivity contribution in [1.29, 1.82) is 0 Å². The number of amides is 1. The van der Waals surface area contributed by atoms with Crippen LogP contribution >= 0.6 is 0 Å². The van der Waals surface area contributed by atoms with E-state index in [1.807, 2.05) is 0 Å². The van der Waals surface area contributed by atoms with Crippen molar-refractivity contribution >= 4 is 17.6 Å². The largest absolute Gasteiger partial charge is 0.481 e. The highest BCUT2D eigenvalue weighted by Crippen LogP contribution is 2.16. The molecule has 0 fully saturated rings. The van der Waals surface area contributed by atoms with Gasteiger partial charge in [0.25, 0.3) is 11.6 Å². The van der Waals surface area contributed by atoms with Gasteiger partial charge in [-0.05, 0) is 6.92 Å². The first-order chi connectivity index (χ1) is 8.45. The van der Waals surface area contributed by atoms with E-state index >= 15 is 0 Å². The first-order valence-corrected chi connectivity index (χ1v) is 5.30. The Balaban J connectivity index is 2.78. The number of nitro groups is 1. The Morgan fingerprint density at radius 1 is 1.56 bits per heavy atom. The van der Waals surface area contributed by atoms with E-state index in [4.69, 9.17) is 5.11 Å². The number of aromatic nitrogens is 1. The van der Waals surface area contributed by atoms with Crippen molar-refractivity contribution < 1.29 is 19.6 Å². The molecule has 1 heterocycles. The number of nitrogens with zero attached hydrogens (tertiary/aromatic N) is 2. The topological polar surface area (TPSA) is 114 Å². The summed E-state index contributed by atoms with van der Waals surface area (Å²) < 4.78 is 1.44. The van der Waals surface area contributed by atoms with E-state index in [2.05, 4.69) is 5.32 Å². The van der Waals surface area contributed by atoms with Crippen LogP contribution in [0, 0.1) is 10.1 Å². The number of aliphatic carboxylic acids is 1. The molecule has 0 atom stereocenters. The van der Waals surface area contributed by atoms with Gasteiger partial charge in [0.2, 0.25) is 0 Å². The maximum atomic E-state index is 11.7. The van der Waals surface area contributed by atoms with E-state index in [1.165, 1.54) is 16.8 Å². The van der Waals surface area contributed by atoms with Crippen molar-refractivity contribution in [2.45, 2.75) is 19.9 Å². The number of carbonyl (C=O) groups is 2. The molecule has 0 bridgehead atoms. The molecule has 0 saturated carbocycles. The minimum absolute atomic E-state index is 0.0170. The van der Waals surface area contributed by atoms with Crippen molar-refractivity contribution in [1.82, 2.24) is 9.88 Å². The first kappa shape index (κ1) is 13.7.